The van der Waals surface area contributed by atoms with Crippen LogP contribution >= 0.6 is 11.8 Å². The lowest BCUT2D eigenvalue weighted by atomic mass is 9.87. The summed E-state index contributed by atoms with van der Waals surface area (Å²) >= 11 is 1.64. The minimum absolute atomic E-state index is 0.00401. The highest BCUT2D eigenvalue weighted by Crippen LogP contribution is 2.25. The van der Waals surface area contributed by atoms with Crippen LogP contribution in [0.15, 0.2) is 29.2 Å². The highest BCUT2D eigenvalue weighted by atomic mass is 32.2. The average Bonchev–Trinajstić information content (AvgIpc) is 2.46. The van der Waals surface area contributed by atoms with Gasteiger partial charge in [-0.05, 0) is 42.9 Å². The Hall–Kier alpha value is -1.49. The molecule has 20 heavy (non-hydrogen) atoms. The molecule has 1 aromatic rings. The van der Waals surface area contributed by atoms with E-state index >= 15 is 0 Å². The molecule has 2 rings (SSSR count). The highest BCUT2D eigenvalue weighted by Gasteiger charge is 2.33. The minimum atomic E-state index is -0.756. The van der Waals surface area contributed by atoms with Gasteiger partial charge in [-0.2, -0.15) is 0 Å². The third kappa shape index (κ3) is 3.15. The van der Waals surface area contributed by atoms with E-state index in [0.29, 0.717) is 25.1 Å². The molecule has 0 aliphatic carbocycles. The normalized spacial score (nSPS) is 22.6. The Bertz CT molecular complexity index is 500. The molecule has 1 N–H and O–H groups in total. The number of carbonyl (C=O) groups excluding carboxylic acids is 1. The van der Waals surface area contributed by atoms with Crippen molar-refractivity contribution in [2.24, 2.45) is 11.8 Å². The van der Waals surface area contributed by atoms with Gasteiger partial charge >= 0.3 is 5.97 Å². The first-order valence-electron chi connectivity index (χ1n) is 6.69. The maximum atomic E-state index is 12.4. The second-order valence-electron chi connectivity index (χ2n) is 5.19. The molecule has 1 saturated heterocycles. The van der Waals surface area contributed by atoms with Crippen LogP contribution in [0.5, 0.6) is 0 Å². The Balaban J connectivity index is 2.05. The van der Waals surface area contributed by atoms with Gasteiger partial charge in [0.2, 0.25) is 0 Å². The van der Waals surface area contributed by atoms with Gasteiger partial charge < -0.3 is 10.0 Å². The Morgan fingerprint density at radius 2 is 1.95 bits per heavy atom. The van der Waals surface area contributed by atoms with Gasteiger partial charge in [0.25, 0.3) is 5.91 Å². The summed E-state index contributed by atoms with van der Waals surface area (Å²) in [5, 5.41) is 9.10. The number of aliphatic carboxylic acids is 1. The van der Waals surface area contributed by atoms with E-state index in [0.717, 1.165) is 4.90 Å². The lowest BCUT2D eigenvalue weighted by Crippen LogP contribution is -2.44. The monoisotopic (exact) mass is 293 g/mol. The molecule has 1 aliphatic heterocycles. The number of carboxylic acids is 1. The van der Waals surface area contributed by atoms with Crippen molar-refractivity contribution < 1.29 is 14.7 Å². The third-order valence-electron chi connectivity index (χ3n) is 3.85. The van der Waals surface area contributed by atoms with Gasteiger partial charge in [0.05, 0.1) is 5.92 Å². The van der Waals surface area contributed by atoms with E-state index in [4.69, 9.17) is 5.11 Å². The van der Waals surface area contributed by atoms with E-state index in [1.807, 2.05) is 37.4 Å². The maximum absolute atomic E-state index is 12.4. The summed E-state index contributed by atoms with van der Waals surface area (Å²) < 4.78 is 0. The van der Waals surface area contributed by atoms with Crippen LogP contribution in [0, 0.1) is 11.8 Å². The summed E-state index contributed by atoms with van der Waals surface area (Å²) in [7, 11) is 0. The van der Waals surface area contributed by atoms with Crippen molar-refractivity contribution in [3.05, 3.63) is 29.8 Å². The number of rotatable bonds is 3. The summed E-state index contributed by atoms with van der Waals surface area (Å²) in [5.74, 6) is -1.10. The molecule has 108 valence electrons. The third-order valence-corrected chi connectivity index (χ3v) is 4.59. The molecule has 1 amide bonds. The van der Waals surface area contributed by atoms with Crippen molar-refractivity contribution in [1.29, 1.82) is 0 Å². The highest BCUT2D eigenvalue weighted by molar-refractivity contribution is 7.98. The molecular formula is C15H19NO3S. The van der Waals surface area contributed by atoms with Crippen molar-refractivity contribution in [2.45, 2.75) is 18.2 Å². The first-order chi connectivity index (χ1) is 9.52. The fraction of sp³-hybridized carbons (Fsp3) is 0.467. The Morgan fingerprint density at radius 3 is 2.45 bits per heavy atom. The molecule has 4 nitrogen and oxygen atoms in total. The molecule has 2 unspecified atom stereocenters. The molecule has 0 radical (unpaired) electrons. The number of nitrogens with zero attached hydrogens (tertiary/aromatic N) is 1. The van der Waals surface area contributed by atoms with E-state index in [-0.39, 0.29) is 17.7 Å². The number of carbonyl (C=O) groups is 2. The van der Waals surface area contributed by atoms with Gasteiger partial charge in [-0.1, -0.05) is 6.92 Å². The fourth-order valence-electron chi connectivity index (χ4n) is 2.61. The van der Waals surface area contributed by atoms with Crippen LogP contribution in [-0.4, -0.2) is 41.2 Å². The van der Waals surface area contributed by atoms with E-state index in [2.05, 4.69) is 0 Å². The van der Waals surface area contributed by atoms with Crippen LogP contribution < -0.4 is 0 Å². The number of carboxylic acid groups (broad SMARTS) is 1. The van der Waals surface area contributed by atoms with Crippen LogP contribution in [0.25, 0.3) is 0 Å². The summed E-state index contributed by atoms with van der Waals surface area (Å²) in [5.41, 5.74) is 0.670. The zero-order chi connectivity index (χ0) is 14.7. The maximum Gasteiger partial charge on any atom is 0.306 e. The van der Waals surface area contributed by atoms with Gasteiger partial charge in [-0.25, -0.2) is 0 Å². The van der Waals surface area contributed by atoms with Crippen LogP contribution in [-0.2, 0) is 4.79 Å². The molecule has 0 spiro atoms. The summed E-state index contributed by atoms with van der Waals surface area (Å²) in [6.07, 6.45) is 2.53. The van der Waals surface area contributed by atoms with Crippen LogP contribution in [0.2, 0.25) is 0 Å². The van der Waals surface area contributed by atoms with Gasteiger partial charge in [0.15, 0.2) is 0 Å². The quantitative estimate of drug-likeness (QED) is 0.870. The topological polar surface area (TPSA) is 57.6 Å². The van der Waals surface area contributed by atoms with Crippen molar-refractivity contribution in [3.8, 4) is 0 Å². The lowest BCUT2D eigenvalue weighted by Gasteiger charge is -2.35. The van der Waals surface area contributed by atoms with Crippen LogP contribution in [0.1, 0.15) is 23.7 Å². The number of amides is 1. The number of thioether (sulfide) groups is 1. The molecule has 1 fully saturated rings. The number of benzene rings is 1. The van der Waals surface area contributed by atoms with E-state index in [9.17, 15) is 9.59 Å². The van der Waals surface area contributed by atoms with Gasteiger partial charge in [-0.15, -0.1) is 11.8 Å². The minimum Gasteiger partial charge on any atom is -0.481 e. The zero-order valence-electron chi connectivity index (χ0n) is 11.7. The van der Waals surface area contributed by atoms with Crippen molar-refractivity contribution in [2.75, 3.05) is 19.3 Å². The van der Waals surface area contributed by atoms with Crippen molar-refractivity contribution >= 4 is 23.6 Å². The smallest absolute Gasteiger partial charge is 0.306 e. The van der Waals surface area contributed by atoms with E-state index in [1.54, 1.807) is 16.7 Å². The molecule has 0 bridgehead atoms. The summed E-state index contributed by atoms with van der Waals surface area (Å²) in [6.45, 7) is 2.93. The average molecular weight is 293 g/mol. The molecule has 5 heteroatoms. The Labute approximate surface area is 123 Å². The summed E-state index contributed by atoms with van der Waals surface area (Å²) in [6, 6.07) is 7.54. The van der Waals surface area contributed by atoms with E-state index < -0.39 is 5.97 Å². The van der Waals surface area contributed by atoms with Crippen LogP contribution in [0.4, 0.5) is 0 Å². The Morgan fingerprint density at radius 1 is 1.30 bits per heavy atom. The number of hydrogen-bond acceptors (Lipinski definition) is 3. The van der Waals surface area contributed by atoms with Gasteiger partial charge in [-0.3, -0.25) is 9.59 Å². The molecule has 0 saturated carbocycles. The summed E-state index contributed by atoms with van der Waals surface area (Å²) in [4.78, 5) is 26.4. The van der Waals surface area contributed by atoms with Crippen LogP contribution in [0.3, 0.4) is 0 Å². The van der Waals surface area contributed by atoms with Crippen molar-refractivity contribution in [3.63, 3.8) is 0 Å². The zero-order valence-corrected chi connectivity index (χ0v) is 12.5. The second-order valence-corrected chi connectivity index (χ2v) is 6.07. The largest absolute Gasteiger partial charge is 0.481 e. The van der Waals surface area contributed by atoms with Crippen molar-refractivity contribution in [1.82, 2.24) is 4.90 Å². The number of piperidine rings is 1. The second kappa shape index (κ2) is 6.31. The number of likely N-dealkylation sites (tertiary alicyclic amines) is 1. The molecular weight excluding hydrogens is 274 g/mol. The first-order valence-corrected chi connectivity index (χ1v) is 7.91. The Kier molecular flexibility index (Phi) is 4.70. The molecule has 1 heterocycles. The molecule has 1 aromatic carbocycles. The lowest BCUT2D eigenvalue weighted by molar-refractivity contribution is -0.145. The standard InChI is InChI=1S/C15H19NO3S/c1-10-9-16(8-7-13(10)15(18)19)14(17)11-3-5-12(20-2)6-4-11/h3-6,10,13H,7-9H2,1-2H3,(H,18,19). The predicted molar refractivity (Wildman–Crippen MR) is 79.0 cm³/mol. The van der Waals surface area contributed by atoms with Gasteiger partial charge in [0, 0.05) is 23.5 Å². The molecule has 0 aromatic heterocycles. The SMILES string of the molecule is CSc1ccc(C(=O)N2CCC(C(=O)O)C(C)C2)cc1. The first kappa shape index (κ1) is 14.9. The van der Waals surface area contributed by atoms with E-state index in [1.165, 1.54) is 0 Å². The molecule has 2 atom stereocenters. The molecule has 1 aliphatic rings. The van der Waals surface area contributed by atoms with Gasteiger partial charge in [0.1, 0.15) is 0 Å². The predicted octanol–water partition coefficient (Wildman–Crippen LogP) is 2.59. The number of hydrogen-bond donors (Lipinski definition) is 1. The fourth-order valence-corrected chi connectivity index (χ4v) is 3.02.